The Morgan fingerprint density at radius 2 is 1.76 bits per heavy atom. The van der Waals surface area contributed by atoms with Crippen molar-refractivity contribution in [2.45, 2.75) is 35.5 Å². The van der Waals surface area contributed by atoms with E-state index in [0.29, 0.717) is 49.2 Å². The van der Waals surface area contributed by atoms with Crippen molar-refractivity contribution in [3.8, 4) is 17.2 Å². The highest BCUT2D eigenvalue weighted by molar-refractivity contribution is 8.00. The minimum absolute atomic E-state index is 0.145. The van der Waals surface area contributed by atoms with E-state index in [2.05, 4.69) is 5.32 Å². The van der Waals surface area contributed by atoms with Gasteiger partial charge in [-0.3, -0.25) is 4.79 Å². The van der Waals surface area contributed by atoms with E-state index in [0.717, 1.165) is 30.6 Å². The zero-order valence-corrected chi connectivity index (χ0v) is 20.2. The summed E-state index contributed by atoms with van der Waals surface area (Å²) in [4.78, 5) is 13.7. The van der Waals surface area contributed by atoms with Crippen LogP contribution in [0.4, 0.5) is 5.69 Å². The van der Waals surface area contributed by atoms with E-state index in [-0.39, 0.29) is 16.6 Å². The van der Waals surface area contributed by atoms with Crippen LogP contribution in [0.1, 0.15) is 25.7 Å². The maximum atomic E-state index is 13.2. The van der Waals surface area contributed by atoms with Crippen LogP contribution < -0.4 is 19.5 Å². The Hall–Kier alpha value is -2.43. The summed E-state index contributed by atoms with van der Waals surface area (Å²) in [6.45, 7) is 2.05. The molecule has 2 aromatic carbocycles. The lowest BCUT2D eigenvalue weighted by molar-refractivity contribution is -0.113. The van der Waals surface area contributed by atoms with Gasteiger partial charge in [0.15, 0.2) is 11.5 Å². The minimum atomic E-state index is -3.64. The Kier molecular flexibility index (Phi) is 7.67. The first kappa shape index (κ1) is 23.7. The van der Waals surface area contributed by atoms with Gasteiger partial charge in [0.2, 0.25) is 15.9 Å². The van der Waals surface area contributed by atoms with E-state index in [4.69, 9.17) is 14.2 Å². The monoisotopic (exact) mass is 492 g/mol. The third-order valence-corrected chi connectivity index (χ3v) is 8.42. The Balaban J connectivity index is 1.45. The summed E-state index contributed by atoms with van der Waals surface area (Å²) in [6.07, 6.45) is 3.79. The fourth-order valence-electron chi connectivity index (χ4n) is 3.82. The summed E-state index contributed by atoms with van der Waals surface area (Å²) in [5, 5.41) is 2.80. The number of hydrogen-bond donors (Lipinski definition) is 1. The summed E-state index contributed by atoms with van der Waals surface area (Å²) in [5.74, 6) is 1.65. The molecule has 0 bridgehead atoms. The molecule has 2 heterocycles. The molecule has 1 saturated heterocycles. The Morgan fingerprint density at radius 3 is 2.48 bits per heavy atom. The number of anilines is 1. The highest BCUT2D eigenvalue weighted by Crippen LogP contribution is 2.34. The van der Waals surface area contributed by atoms with Gasteiger partial charge in [0.1, 0.15) is 19.0 Å². The van der Waals surface area contributed by atoms with Gasteiger partial charge in [0, 0.05) is 18.0 Å². The lowest BCUT2D eigenvalue weighted by Crippen LogP contribution is -2.32. The summed E-state index contributed by atoms with van der Waals surface area (Å²) in [7, 11) is -2.15. The normalized spacial score (nSPS) is 16.6. The number of benzene rings is 2. The predicted octanol–water partition coefficient (Wildman–Crippen LogP) is 3.76. The average molecular weight is 493 g/mol. The number of nitrogens with zero attached hydrogens (tertiary/aromatic N) is 1. The largest absolute Gasteiger partial charge is 0.495 e. The molecule has 0 radical (unpaired) electrons. The van der Waals surface area contributed by atoms with Crippen molar-refractivity contribution in [2.75, 3.05) is 44.5 Å². The Morgan fingerprint density at radius 1 is 1.03 bits per heavy atom. The molecule has 2 aliphatic heterocycles. The number of ether oxygens (including phenoxy) is 3. The summed E-state index contributed by atoms with van der Waals surface area (Å²) in [6, 6.07) is 10.1. The van der Waals surface area contributed by atoms with Gasteiger partial charge in [-0.1, -0.05) is 12.8 Å². The van der Waals surface area contributed by atoms with Crippen LogP contribution in [0.15, 0.2) is 46.2 Å². The van der Waals surface area contributed by atoms with Crippen LogP contribution in [0.3, 0.4) is 0 Å². The molecule has 8 nitrogen and oxygen atoms in total. The predicted molar refractivity (Wildman–Crippen MR) is 127 cm³/mol. The van der Waals surface area contributed by atoms with Gasteiger partial charge >= 0.3 is 0 Å². The van der Waals surface area contributed by atoms with E-state index in [1.165, 1.54) is 35.3 Å². The summed E-state index contributed by atoms with van der Waals surface area (Å²) in [5.41, 5.74) is 0.334. The average Bonchev–Trinajstić information content (AvgIpc) is 3.13. The number of sulfonamides is 1. The van der Waals surface area contributed by atoms with Crippen molar-refractivity contribution >= 4 is 33.4 Å². The molecule has 1 N–H and O–H groups in total. The van der Waals surface area contributed by atoms with E-state index in [1.807, 2.05) is 18.2 Å². The van der Waals surface area contributed by atoms with E-state index in [1.54, 1.807) is 6.07 Å². The fourth-order valence-corrected chi connectivity index (χ4v) is 6.09. The third-order valence-electron chi connectivity index (χ3n) is 5.53. The first-order valence-electron chi connectivity index (χ1n) is 11.0. The first-order chi connectivity index (χ1) is 16.0. The minimum Gasteiger partial charge on any atom is -0.495 e. The van der Waals surface area contributed by atoms with Crippen LogP contribution in [-0.2, 0) is 14.8 Å². The lowest BCUT2D eigenvalue weighted by Gasteiger charge is -2.21. The molecule has 4 rings (SSSR count). The van der Waals surface area contributed by atoms with Crippen LogP contribution in [-0.4, -0.2) is 57.8 Å². The third kappa shape index (κ3) is 5.74. The molecule has 2 aromatic rings. The van der Waals surface area contributed by atoms with E-state index < -0.39 is 10.0 Å². The zero-order chi connectivity index (χ0) is 23.3. The van der Waals surface area contributed by atoms with Crippen LogP contribution in [0.5, 0.6) is 17.2 Å². The molecule has 1 fully saturated rings. The first-order valence-corrected chi connectivity index (χ1v) is 13.4. The molecule has 0 aromatic heterocycles. The van der Waals surface area contributed by atoms with Crippen LogP contribution in [0.25, 0.3) is 0 Å². The van der Waals surface area contributed by atoms with Crippen molar-refractivity contribution < 1.29 is 27.4 Å². The number of methoxy groups -OCH3 is 1. The number of nitrogens with one attached hydrogen (secondary N) is 1. The fraction of sp³-hybridized carbons (Fsp3) is 0.435. The number of carbonyl (C=O) groups excluding carboxylic acids is 1. The van der Waals surface area contributed by atoms with Gasteiger partial charge in [0.05, 0.1) is 23.4 Å². The molecule has 10 heteroatoms. The van der Waals surface area contributed by atoms with Crippen LogP contribution in [0, 0.1) is 0 Å². The Labute approximate surface area is 198 Å². The second kappa shape index (κ2) is 10.7. The molecule has 0 aliphatic carbocycles. The zero-order valence-electron chi connectivity index (χ0n) is 18.5. The van der Waals surface area contributed by atoms with Gasteiger partial charge in [-0.05, 0) is 49.2 Å². The molecule has 0 spiro atoms. The number of hydrogen-bond acceptors (Lipinski definition) is 7. The second-order valence-electron chi connectivity index (χ2n) is 7.82. The van der Waals surface area contributed by atoms with Crippen molar-refractivity contribution in [3.63, 3.8) is 0 Å². The molecule has 0 atom stereocenters. The molecule has 0 saturated carbocycles. The molecular formula is C23H28N2O6S2. The molecular weight excluding hydrogens is 464 g/mol. The van der Waals surface area contributed by atoms with E-state index >= 15 is 0 Å². The molecule has 2 aliphatic rings. The highest BCUT2D eigenvalue weighted by Gasteiger charge is 2.26. The van der Waals surface area contributed by atoms with Crippen LogP contribution in [0.2, 0.25) is 0 Å². The molecule has 0 unspecified atom stereocenters. The van der Waals surface area contributed by atoms with Gasteiger partial charge in [-0.2, -0.15) is 4.31 Å². The van der Waals surface area contributed by atoms with E-state index in [9.17, 15) is 13.2 Å². The molecule has 1 amide bonds. The Bertz CT molecular complexity index is 1100. The number of fused-ring (bicyclic) bond motifs is 1. The number of rotatable bonds is 7. The maximum absolute atomic E-state index is 13.2. The van der Waals surface area contributed by atoms with Crippen molar-refractivity contribution in [3.05, 3.63) is 36.4 Å². The van der Waals surface area contributed by atoms with Gasteiger partial charge in [-0.15, -0.1) is 11.8 Å². The highest BCUT2D eigenvalue weighted by atomic mass is 32.2. The van der Waals surface area contributed by atoms with Crippen molar-refractivity contribution in [1.29, 1.82) is 0 Å². The number of thioether (sulfide) groups is 1. The lowest BCUT2D eigenvalue weighted by atomic mass is 10.2. The molecule has 178 valence electrons. The van der Waals surface area contributed by atoms with Gasteiger partial charge in [-0.25, -0.2) is 8.42 Å². The van der Waals surface area contributed by atoms with Gasteiger partial charge in [0.25, 0.3) is 0 Å². The molecule has 33 heavy (non-hydrogen) atoms. The summed E-state index contributed by atoms with van der Waals surface area (Å²) < 4.78 is 44.3. The summed E-state index contributed by atoms with van der Waals surface area (Å²) >= 11 is 1.35. The SMILES string of the molecule is COc1ccc(S(=O)(=O)N2CCCCCC2)cc1NC(=O)CSc1ccc2c(c1)OCCO2. The topological polar surface area (TPSA) is 94.2 Å². The second-order valence-corrected chi connectivity index (χ2v) is 10.8. The quantitative estimate of drug-likeness (QED) is 0.588. The maximum Gasteiger partial charge on any atom is 0.243 e. The van der Waals surface area contributed by atoms with Crippen molar-refractivity contribution in [1.82, 2.24) is 4.31 Å². The van der Waals surface area contributed by atoms with Crippen LogP contribution >= 0.6 is 11.8 Å². The number of carbonyl (C=O) groups is 1. The van der Waals surface area contributed by atoms with Gasteiger partial charge < -0.3 is 19.5 Å². The standard InChI is InChI=1S/C23H28N2O6S2/c1-29-20-9-7-18(33(27,28)25-10-4-2-3-5-11-25)15-19(20)24-23(26)16-32-17-6-8-21-22(14-17)31-13-12-30-21/h6-9,14-15H,2-5,10-13,16H2,1H3,(H,24,26). The number of amides is 1. The smallest absolute Gasteiger partial charge is 0.243 e. The van der Waals surface area contributed by atoms with Crippen molar-refractivity contribution in [2.24, 2.45) is 0 Å².